The lowest BCUT2D eigenvalue weighted by atomic mass is 9.96. The lowest BCUT2D eigenvalue weighted by molar-refractivity contribution is 1.07. The monoisotopic (exact) mass is 310 g/mol. The highest BCUT2D eigenvalue weighted by Crippen LogP contribution is 2.25. The molecule has 0 saturated heterocycles. The summed E-state index contributed by atoms with van der Waals surface area (Å²) < 4.78 is 0. The van der Waals surface area contributed by atoms with Crippen LogP contribution >= 0.6 is 0 Å². The van der Waals surface area contributed by atoms with Gasteiger partial charge < -0.3 is 0 Å². The Morgan fingerprint density at radius 2 is 1.38 bits per heavy atom. The number of hydrogen-bond acceptors (Lipinski definition) is 0. The Kier molecular flexibility index (Phi) is 4.29. The first-order chi connectivity index (χ1) is 11.9. The summed E-state index contributed by atoms with van der Waals surface area (Å²) in [5.74, 6) is 0. The molecule has 0 nitrogen and oxygen atoms in total. The minimum absolute atomic E-state index is 1.000. The molecule has 2 aliphatic carbocycles. The first-order valence-corrected chi connectivity index (χ1v) is 8.74. The van der Waals surface area contributed by atoms with E-state index in [9.17, 15) is 0 Å². The van der Waals surface area contributed by atoms with Crippen LogP contribution in [0.25, 0.3) is 5.57 Å². The second-order valence-electron chi connectivity index (χ2n) is 6.66. The maximum absolute atomic E-state index is 2.36. The van der Waals surface area contributed by atoms with E-state index in [-0.39, 0.29) is 0 Å². The summed E-state index contributed by atoms with van der Waals surface area (Å²) in [6.45, 7) is 0. The molecule has 0 spiro atoms. The van der Waals surface area contributed by atoms with Gasteiger partial charge in [-0.1, -0.05) is 90.6 Å². The van der Waals surface area contributed by atoms with Gasteiger partial charge >= 0.3 is 0 Å². The molecule has 0 bridgehead atoms. The van der Waals surface area contributed by atoms with Crippen molar-refractivity contribution in [2.75, 3.05) is 0 Å². The molecule has 0 heterocycles. The highest BCUT2D eigenvalue weighted by Gasteiger charge is 2.06. The summed E-state index contributed by atoms with van der Waals surface area (Å²) in [6.07, 6.45) is 17.5. The SMILES string of the molecule is C1=CCC(Cc2cccc(Cc3cccc(C4=CC=CC4)c3)c2)=C1. The van der Waals surface area contributed by atoms with Crippen molar-refractivity contribution in [3.63, 3.8) is 0 Å². The van der Waals surface area contributed by atoms with Gasteiger partial charge in [-0.15, -0.1) is 0 Å². The molecule has 0 heteroatoms. The molecule has 2 aromatic rings. The molecule has 2 aliphatic rings. The maximum atomic E-state index is 2.36. The van der Waals surface area contributed by atoms with E-state index in [4.69, 9.17) is 0 Å². The molecule has 0 N–H and O–H groups in total. The summed E-state index contributed by atoms with van der Waals surface area (Å²) in [6, 6.07) is 18.0. The number of rotatable bonds is 5. The largest absolute Gasteiger partial charge is 0.0804 e. The molecule has 2 aromatic carbocycles. The van der Waals surface area contributed by atoms with Gasteiger partial charge in [-0.25, -0.2) is 0 Å². The van der Waals surface area contributed by atoms with Gasteiger partial charge in [0.15, 0.2) is 0 Å². The van der Waals surface area contributed by atoms with Crippen LogP contribution in [0.1, 0.15) is 35.1 Å². The first kappa shape index (κ1) is 15.0. The van der Waals surface area contributed by atoms with Crippen LogP contribution in [-0.2, 0) is 12.8 Å². The van der Waals surface area contributed by atoms with E-state index in [0.717, 1.165) is 25.7 Å². The molecule has 24 heavy (non-hydrogen) atoms. The minimum atomic E-state index is 1.000. The van der Waals surface area contributed by atoms with Crippen molar-refractivity contribution in [2.45, 2.75) is 25.7 Å². The lowest BCUT2D eigenvalue weighted by Gasteiger charge is -2.09. The summed E-state index contributed by atoms with van der Waals surface area (Å²) in [5, 5.41) is 0. The quantitative estimate of drug-likeness (QED) is 0.630. The van der Waals surface area contributed by atoms with Gasteiger partial charge in [0.2, 0.25) is 0 Å². The average molecular weight is 310 g/mol. The van der Waals surface area contributed by atoms with Crippen molar-refractivity contribution in [3.05, 3.63) is 113 Å². The highest BCUT2D eigenvalue weighted by molar-refractivity contribution is 5.71. The maximum Gasteiger partial charge on any atom is -0.00255 e. The van der Waals surface area contributed by atoms with Crippen LogP contribution in [0.5, 0.6) is 0 Å². The number of hydrogen-bond donors (Lipinski definition) is 0. The predicted octanol–water partition coefficient (Wildman–Crippen LogP) is 6.05. The first-order valence-electron chi connectivity index (χ1n) is 8.74. The van der Waals surface area contributed by atoms with Crippen LogP contribution in [0.15, 0.2) is 90.6 Å². The molecule has 0 radical (unpaired) electrons. The number of allylic oxidation sites excluding steroid dienone is 8. The van der Waals surface area contributed by atoms with Gasteiger partial charge in [0.25, 0.3) is 0 Å². The standard InChI is InChI=1S/C24H22/c1-2-8-19(7-1)15-20-9-5-10-21(16-20)17-22-11-6-14-24(18-22)23-12-3-4-13-23/h1-7,9-12,14,16,18H,8,13,15,17H2. The molecular weight excluding hydrogens is 288 g/mol. The summed E-state index contributed by atoms with van der Waals surface area (Å²) >= 11 is 0. The van der Waals surface area contributed by atoms with Gasteiger partial charge in [-0.3, -0.25) is 0 Å². The Labute approximate surface area is 144 Å². The van der Waals surface area contributed by atoms with Crippen molar-refractivity contribution >= 4 is 5.57 Å². The van der Waals surface area contributed by atoms with Gasteiger partial charge in [-0.2, -0.15) is 0 Å². The summed E-state index contributed by atoms with van der Waals surface area (Å²) in [4.78, 5) is 0. The topological polar surface area (TPSA) is 0 Å². The Bertz CT molecular complexity index is 859. The van der Waals surface area contributed by atoms with Crippen LogP contribution in [0, 0.1) is 0 Å². The van der Waals surface area contributed by atoms with Crippen LogP contribution < -0.4 is 0 Å². The van der Waals surface area contributed by atoms with Crippen molar-refractivity contribution in [3.8, 4) is 0 Å². The van der Waals surface area contributed by atoms with Crippen molar-refractivity contribution in [1.29, 1.82) is 0 Å². The van der Waals surface area contributed by atoms with Crippen molar-refractivity contribution < 1.29 is 0 Å². The molecule has 0 aromatic heterocycles. The van der Waals surface area contributed by atoms with Crippen LogP contribution in [0.2, 0.25) is 0 Å². The van der Waals surface area contributed by atoms with E-state index in [1.807, 2.05) is 0 Å². The third-order valence-corrected chi connectivity index (χ3v) is 4.75. The second-order valence-corrected chi connectivity index (χ2v) is 6.66. The molecular formula is C24H22. The Morgan fingerprint density at radius 1 is 0.667 bits per heavy atom. The summed E-state index contributed by atoms with van der Waals surface area (Å²) in [5.41, 5.74) is 8.49. The highest BCUT2D eigenvalue weighted by atomic mass is 14.1. The zero-order valence-corrected chi connectivity index (χ0v) is 13.9. The third-order valence-electron chi connectivity index (χ3n) is 4.75. The Balaban J connectivity index is 1.50. The van der Waals surface area contributed by atoms with Crippen LogP contribution in [0.4, 0.5) is 0 Å². The fourth-order valence-electron chi connectivity index (χ4n) is 3.51. The smallest absolute Gasteiger partial charge is 0.00255 e. The molecule has 0 amide bonds. The van der Waals surface area contributed by atoms with E-state index < -0.39 is 0 Å². The molecule has 0 aliphatic heterocycles. The van der Waals surface area contributed by atoms with Gasteiger partial charge in [0.1, 0.15) is 0 Å². The van der Waals surface area contributed by atoms with Gasteiger partial charge in [0, 0.05) is 0 Å². The van der Waals surface area contributed by atoms with E-state index in [0.29, 0.717) is 0 Å². The van der Waals surface area contributed by atoms with Gasteiger partial charge in [0.05, 0.1) is 0 Å². The number of benzene rings is 2. The van der Waals surface area contributed by atoms with E-state index in [1.165, 1.54) is 33.4 Å². The van der Waals surface area contributed by atoms with Crippen molar-refractivity contribution in [2.24, 2.45) is 0 Å². The third kappa shape index (κ3) is 3.49. The van der Waals surface area contributed by atoms with Gasteiger partial charge in [-0.05, 0) is 53.5 Å². The van der Waals surface area contributed by atoms with E-state index in [2.05, 4.69) is 85.0 Å². The Hall–Kier alpha value is -2.60. The summed E-state index contributed by atoms with van der Waals surface area (Å²) in [7, 11) is 0. The molecule has 0 atom stereocenters. The fraction of sp³-hybridized carbons (Fsp3) is 0.167. The van der Waals surface area contributed by atoms with Crippen LogP contribution in [-0.4, -0.2) is 0 Å². The predicted molar refractivity (Wildman–Crippen MR) is 103 cm³/mol. The second kappa shape index (κ2) is 6.88. The molecule has 0 fully saturated rings. The van der Waals surface area contributed by atoms with Crippen LogP contribution in [0.3, 0.4) is 0 Å². The van der Waals surface area contributed by atoms with E-state index in [1.54, 1.807) is 0 Å². The molecule has 0 saturated carbocycles. The molecule has 4 rings (SSSR count). The van der Waals surface area contributed by atoms with E-state index >= 15 is 0 Å². The van der Waals surface area contributed by atoms with Crippen molar-refractivity contribution in [1.82, 2.24) is 0 Å². The molecule has 118 valence electrons. The average Bonchev–Trinajstić information content (AvgIpc) is 3.29. The minimum Gasteiger partial charge on any atom is -0.0804 e. The normalized spacial score (nSPS) is 15.7. The Morgan fingerprint density at radius 3 is 2.12 bits per heavy atom. The fourth-order valence-corrected chi connectivity index (χ4v) is 3.51. The zero-order chi connectivity index (χ0) is 16.2. The molecule has 0 unspecified atom stereocenters. The zero-order valence-electron chi connectivity index (χ0n) is 13.9. The lowest BCUT2D eigenvalue weighted by Crippen LogP contribution is -1.93.